The maximum Gasteiger partial charge on any atom is 0.250 e. The number of hydrogen-bond donors (Lipinski definition) is 1. The van der Waals surface area contributed by atoms with Crippen LogP contribution in [0.3, 0.4) is 0 Å². The number of aldehydes is 1. The molecule has 3 rings (SSSR count). The SMILES string of the molecule is O=CC1(C(O)c2occc(=O)c2OCc2ccccc2)CC(F)(F)C1. The Morgan fingerprint density at radius 1 is 1.24 bits per heavy atom. The normalized spacial score (nSPS) is 18.8. The maximum absolute atomic E-state index is 13.3. The number of carbonyl (C=O) groups excluding carboxylic acids is 1. The Balaban J connectivity index is 1.88. The topological polar surface area (TPSA) is 76.7 Å². The molecule has 7 heteroatoms. The van der Waals surface area contributed by atoms with E-state index in [1.165, 1.54) is 0 Å². The van der Waals surface area contributed by atoms with Gasteiger partial charge in [0.15, 0.2) is 5.76 Å². The molecule has 1 N–H and O–H groups in total. The Morgan fingerprint density at radius 2 is 1.92 bits per heavy atom. The van der Waals surface area contributed by atoms with Crippen molar-refractivity contribution in [3.8, 4) is 5.75 Å². The molecule has 0 saturated heterocycles. The average molecular weight is 350 g/mol. The van der Waals surface area contributed by atoms with Crippen molar-refractivity contribution in [3.63, 3.8) is 0 Å². The van der Waals surface area contributed by atoms with Crippen LogP contribution in [0.25, 0.3) is 0 Å². The van der Waals surface area contributed by atoms with Crippen molar-refractivity contribution in [2.75, 3.05) is 0 Å². The minimum absolute atomic E-state index is 0.0274. The zero-order chi connectivity index (χ0) is 18.1. The molecule has 1 fully saturated rings. The van der Waals surface area contributed by atoms with E-state index in [9.17, 15) is 23.5 Å². The van der Waals surface area contributed by atoms with Crippen LogP contribution in [0.5, 0.6) is 5.75 Å². The highest BCUT2D eigenvalue weighted by atomic mass is 19.3. The molecule has 1 unspecified atom stereocenters. The summed E-state index contributed by atoms with van der Waals surface area (Å²) < 4.78 is 37.1. The second-order valence-corrected chi connectivity index (χ2v) is 6.22. The number of benzene rings is 1. The van der Waals surface area contributed by atoms with Gasteiger partial charge in [0, 0.05) is 18.9 Å². The molecule has 0 radical (unpaired) electrons. The van der Waals surface area contributed by atoms with Gasteiger partial charge in [0.1, 0.15) is 19.0 Å². The lowest BCUT2D eigenvalue weighted by molar-refractivity contribution is -0.198. The summed E-state index contributed by atoms with van der Waals surface area (Å²) in [6.45, 7) is 0.0274. The predicted molar refractivity (Wildman–Crippen MR) is 83.4 cm³/mol. The number of rotatable bonds is 6. The monoisotopic (exact) mass is 350 g/mol. The van der Waals surface area contributed by atoms with Gasteiger partial charge in [-0.1, -0.05) is 30.3 Å². The Kier molecular flexibility index (Phi) is 4.43. The van der Waals surface area contributed by atoms with Crippen LogP contribution in [0.4, 0.5) is 8.78 Å². The fourth-order valence-electron chi connectivity index (χ4n) is 2.99. The molecule has 1 aromatic heterocycles. The highest BCUT2D eigenvalue weighted by molar-refractivity contribution is 5.64. The molecule has 0 amide bonds. The lowest BCUT2D eigenvalue weighted by atomic mass is 9.63. The number of ether oxygens (including phenoxy) is 1. The second-order valence-electron chi connectivity index (χ2n) is 6.22. The molecule has 5 nitrogen and oxygen atoms in total. The molecule has 0 aliphatic heterocycles. The molecule has 1 aromatic carbocycles. The van der Waals surface area contributed by atoms with Gasteiger partial charge < -0.3 is 19.1 Å². The van der Waals surface area contributed by atoms with E-state index in [1.807, 2.05) is 6.07 Å². The van der Waals surface area contributed by atoms with Crippen LogP contribution in [0.1, 0.15) is 30.3 Å². The van der Waals surface area contributed by atoms with Crippen molar-refractivity contribution < 1.29 is 27.8 Å². The Bertz CT molecular complexity index is 808. The minimum Gasteiger partial charge on any atom is -0.482 e. The lowest BCUT2D eigenvalue weighted by Gasteiger charge is -2.45. The van der Waals surface area contributed by atoms with Gasteiger partial charge in [0.05, 0.1) is 11.7 Å². The third-order valence-corrected chi connectivity index (χ3v) is 4.29. The van der Waals surface area contributed by atoms with Crippen molar-refractivity contribution in [3.05, 3.63) is 64.2 Å². The van der Waals surface area contributed by atoms with Crippen LogP contribution in [0, 0.1) is 5.41 Å². The van der Waals surface area contributed by atoms with Crippen LogP contribution >= 0.6 is 0 Å². The summed E-state index contributed by atoms with van der Waals surface area (Å²) >= 11 is 0. The molecule has 132 valence electrons. The van der Waals surface area contributed by atoms with E-state index in [0.29, 0.717) is 6.29 Å². The van der Waals surface area contributed by atoms with E-state index in [4.69, 9.17) is 9.15 Å². The van der Waals surface area contributed by atoms with Gasteiger partial charge >= 0.3 is 0 Å². The van der Waals surface area contributed by atoms with E-state index >= 15 is 0 Å². The van der Waals surface area contributed by atoms with Crippen LogP contribution in [0.15, 0.2) is 51.9 Å². The number of alkyl halides is 2. The first kappa shape index (κ1) is 17.3. The number of hydrogen-bond acceptors (Lipinski definition) is 5. The summed E-state index contributed by atoms with van der Waals surface area (Å²) in [5, 5.41) is 10.4. The first-order chi connectivity index (χ1) is 11.9. The Labute approximate surface area is 141 Å². The van der Waals surface area contributed by atoms with E-state index in [1.54, 1.807) is 24.3 Å². The van der Waals surface area contributed by atoms with Crippen molar-refractivity contribution in [2.24, 2.45) is 5.41 Å². The van der Waals surface area contributed by atoms with E-state index in [0.717, 1.165) is 17.9 Å². The summed E-state index contributed by atoms with van der Waals surface area (Å²) in [4.78, 5) is 23.4. The largest absolute Gasteiger partial charge is 0.482 e. The van der Waals surface area contributed by atoms with Gasteiger partial charge in [0.25, 0.3) is 0 Å². The van der Waals surface area contributed by atoms with Gasteiger partial charge in [-0.25, -0.2) is 8.78 Å². The van der Waals surface area contributed by atoms with E-state index < -0.39 is 35.7 Å². The molecular formula is C18H16F2O5. The van der Waals surface area contributed by atoms with Gasteiger partial charge in [-0.3, -0.25) is 4.79 Å². The number of carbonyl (C=O) groups is 1. The van der Waals surface area contributed by atoms with E-state index in [-0.39, 0.29) is 18.1 Å². The molecular weight excluding hydrogens is 334 g/mol. The van der Waals surface area contributed by atoms with Crippen molar-refractivity contribution >= 4 is 6.29 Å². The standard InChI is InChI=1S/C18H16F2O5/c19-18(20)9-17(10-18,11-21)16(23)15-14(13(22)6-7-24-15)25-8-12-4-2-1-3-5-12/h1-7,11,16,23H,8-10H2. The minimum atomic E-state index is -3.03. The lowest BCUT2D eigenvalue weighted by Crippen LogP contribution is -2.51. The zero-order valence-electron chi connectivity index (χ0n) is 13.2. The third-order valence-electron chi connectivity index (χ3n) is 4.29. The summed E-state index contributed by atoms with van der Waals surface area (Å²) in [6, 6.07) is 10.1. The van der Waals surface area contributed by atoms with Gasteiger partial charge in [-0.15, -0.1) is 0 Å². The van der Waals surface area contributed by atoms with Crippen molar-refractivity contribution in [1.29, 1.82) is 0 Å². The molecule has 1 aliphatic rings. The van der Waals surface area contributed by atoms with Crippen LogP contribution in [0.2, 0.25) is 0 Å². The predicted octanol–water partition coefficient (Wildman–Crippen LogP) is 2.87. The molecule has 1 saturated carbocycles. The highest BCUT2D eigenvalue weighted by Crippen LogP contribution is 2.57. The summed E-state index contributed by atoms with van der Waals surface area (Å²) in [5.41, 5.74) is -1.49. The van der Waals surface area contributed by atoms with Gasteiger partial charge in [-0.2, -0.15) is 0 Å². The number of halogens is 2. The zero-order valence-corrected chi connectivity index (χ0v) is 13.2. The first-order valence-electron chi connectivity index (χ1n) is 7.68. The quantitative estimate of drug-likeness (QED) is 0.811. The average Bonchev–Trinajstić information content (AvgIpc) is 2.58. The third kappa shape index (κ3) is 3.32. The summed E-state index contributed by atoms with van der Waals surface area (Å²) in [6.07, 6.45) is -1.97. The maximum atomic E-state index is 13.3. The molecule has 0 spiro atoms. The fraction of sp³-hybridized carbons (Fsp3) is 0.333. The molecule has 25 heavy (non-hydrogen) atoms. The fourth-order valence-corrected chi connectivity index (χ4v) is 2.99. The molecule has 0 bridgehead atoms. The molecule has 1 aliphatic carbocycles. The number of aliphatic hydroxyl groups excluding tert-OH is 1. The Morgan fingerprint density at radius 3 is 2.52 bits per heavy atom. The van der Waals surface area contributed by atoms with Crippen LogP contribution < -0.4 is 10.2 Å². The molecule has 1 heterocycles. The highest BCUT2D eigenvalue weighted by Gasteiger charge is 2.61. The number of aliphatic hydroxyl groups is 1. The van der Waals surface area contributed by atoms with Gasteiger partial charge in [-0.05, 0) is 5.56 Å². The molecule has 1 atom stereocenters. The van der Waals surface area contributed by atoms with Crippen LogP contribution in [-0.4, -0.2) is 17.3 Å². The molecule has 2 aromatic rings. The Hall–Kier alpha value is -2.54. The van der Waals surface area contributed by atoms with Crippen molar-refractivity contribution in [2.45, 2.75) is 31.5 Å². The van der Waals surface area contributed by atoms with Crippen LogP contribution in [-0.2, 0) is 11.4 Å². The summed E-state index contributed by atoms with van der Waals surface area (Å²) in [5.74, 6) is -3.62. The van der Waals surface area contributed by atoms with E-state index in [2.05, 4.69) is 0 Å². The van der Waals surface area contributed by atoms with Gasteiger partial charge in [0.2, 0.25) is 17.1 Å². The smallest absolute Gasteiger partial charge is 0.250 e. The second kappa shape index (κ2) is 6.40. The van der Waals surface area contributed by atoms with Crippen molar-refractivity contribution in [1.82, 2.24) is 0 Å². The first-order valence-corrected chi connectivity index (χ1v) is 7.68. The summed E-state index contributed by atoms with van der Waals surface area (Å²) in [7, 11) is 0.